The van der Waals surface area contributed by atoms with Crippen molar-refractivity contribution in [3.8, 4) is 11.3 Å². The lowest BCUT2D eigenvalue weighted by Gasteiger charge is -2.49. The van der Waals surface area contributed by atoms with Gasteiger partial charge in [-0.3, -0.25) is 19.7 Å². The number of hydroxylamine groups is 2. The molecule has 2 aromatic rings. The van der Waals surface area contributed by atoms with Gasteiger partial charge in [0.15, 0.2) is 0 Å². The van der Waals surface area contributed by atoms with Gasteiger partial charge in [-0.25, -0.2) is 4.98 Å². The number of hydrogen-bond donors (Lipinski definition) is 0. The van der Waals surface area contributed by atoms with Crippen LogP contribution >= 0.6 is 0 Å². The number of nitrogens with zero attached hydrogens (tertiary/aromatic N) is 6. The zero-order valence-corrected chi connectivity index (χ0v) is 18.4. The molecule has 0 N–H and O–H groups in total. The molecule has 0 unspecified atom stereocenters. The first-order chi connectivity index (χ1) is 15.2. The Labute approximate surface area is 184 Å². The average Bonchev–Trinajstić information content (AvgIpc) is 3.33. The maximum absolute atomic E-state index is 5.71. The summed E-state index contributed by atoms with van der Waals surface area (Å²) in [6.07, 6.45) is 13.9. The fourth-order valence-electron chi connectivity index (χ4n) is 6.69. The molecule has 0 radical (unpaired) electrons. The first-order valence-corrected chi connectivity index (χ1v) is 11.9. The van der Waals surface area contributed by atoms with E-state index in [2.05, 4.69) is 37.8 Å². The first-order valence-electron chi connectivity index (χ1n) is 11.9. The molecule has 31 heavy (non-hydrogen) atoms. The maximum atomic E-state index is 5.71. The van der Waals surface area contributed by atoms with Crippen LogP contribution in [0.2, 0.25) is 0 Å². The van der Waals surface area contributed by atoms with Crippen molar-refractivity contribution in [3.05, 3.63) is 36.9 Å². The zero-order chi connectivity index (χ0) is 20.8. The summed E-state index contributed by atoms with van der Waals surface area (Å²) >= 11 is 0. The molecule has 4 aliphatic rings. The third kappa shape index (κ3) is 3.43. The van der Waals surface area contributed by atoms with E-state index in [1.807, 2.05) is 18.5 Å². The molecule has 7 heteroatoms. The fourth-order valence-corrected chi connectivity index (χ4v) is 6.69. The van der Waals surface area contributed by atoms with Gasteiger partial charge < -0.3 is 4.90 Å². The van der Waals surface area contributed by atoms with Crippen molar-refractivity contribution in [1.82, 2.24) is 24.9 Å². The summed E-state index contributed by atoms with van der Waals surface area (Å²) in [5.41, 5.74) is 2.51. The number of aromatic nitrogens is 3. The van der Waals surface area contributed by atoms with Crippen molar-refractivity contribution >= 4 is 5.82 Å². The predicted molar refractivity (Wildman–Crippen MR) is 119 cm³/mol. The Morgan fingerprint density at radius 2 is 1.87 bits per heavy atom. The largest absolute Gasteiger partial charge is 0.353 e. The zero-order valence-electron chi connectivity index (χ0n) is 18.4. The molecular weight excluding hydrogens is 388 g/mol. The van der Waals surface area contributed by atoms with E-state index >= 15 is 0 Å². The van der Waals surface area contributed by atoms with E-state index in [0.29, 0.717) is 17.5 Å². The summed E-state index contributed by atoms with van der Waals surface area (Å²) in [6, 6.07) is 6.15. The van der Waals surface area contributed by atoms with Crippen molar-refractivity contribution in [3.63, 3.8) is 0 Å². The van der Waals surface area contributed by atoms with Crippen LogP contribution in [0.4, 0.5) is 5.82 Å². The van der Waals surface area contributed by atoms with Crippen LogP contribution in [0.3, 0.4) is 0 Å². The van der Waals surface area contributed by atoms with Crippen LogP contribution in [0.15, 0.2) is 36.9 Å². The molecule has 4 fully saturated rings. The van der Waals surface area contributed by atoms with Gasteiger partial charge in [-0.2, -0.15) is 5.06 Å². The minimum atomic E-state index is 0.510. The van der Waals surface area contributed by atoms with Gasteiger partial charge in [0.1, 0.15) is 5.82 Å². The Morgan fingerprint density at radius 1 is 1.03 bits per heavy atom. The summed E-state index contributed by atoms with van der Waals surface area (Å²) < 4.78 is 0. The summed E-state index contributed by atoms with van der Waals surface area (Å²) in [4.78, 5) is 24.7. The Kier molecular flexibility index (Phi) is 4.93. The van der Waals surface area contributed by atoms with Crippen LogP contribution in [0, 0.1) is 5.41 Å². The fraction of sp³-hybridized carbons (Fsp3) is 0.625. The number of anilines is 1. The molecule has 1 aliphatic carbocycles. The topological polar surface area (TPSA) is 57.6 Å². The highest BCUT2D eigenvalue weighted by Gasteiger charge is 2.53. The normalized spacial score (nSPS) is 30.1. The highest BCUT2D eigenvalue weighted by atomic mass is 16.7. The second-order valence-electron chi connectivity index (χ2n) is 9.81. The van der Waals surface area contributed by atoms with Crippen LogP contribution in [0.25, 0.3) is 11.3 Å². The highest BCUT2D eigenvalue weighted by Crippen LogP contribution is 2.49. The molecule has 2 aromatic heterocycles. The lowest BCUT2D eigenvalue weighted by molar-refractivity contribution is -0.246. The SMILES string of the molecule is CCON1CC2(CC[C@H](N3[C@@H]4CC[C@H]3CN(c3ncccc3-c3cnccn3)C4)C2)C1. The Hall–Kier alpha value is -2.09. The maximum Gasteiger partial charge on any atom is 0.138 e. The third-order valence-electron chi connectivity index (χ3n) is 7.90. The van der Waals surface area contributed by atoms with Crippen LogP contribution in [0.1, 0.15) is 39.0 Å². The predicted octanol–water partition coefficient (Wildman–Crippen LogP) is 3.00. The van der Waals surface area contributed by atoms with Gasteiger partial charge in [-0.05, 0) is 51.2 Å². The van der Waals surface area contributed by atoms with Gasteiger partial charge in [0.2, 0.25) is 0 Å². The molecule has 5 heterocycles. The van der Waals surface area contributed by atoms with E-state index in [9.17, 15) is 0 Å². The van der Waals surface area contributed by atoms with Gasteiger partial charge in [-0.1, -0.05) is 0 Å². The Bertz CT molecular complexity index is 903. The summed E-state index contributed by atoms with van der Waals surface area (Å²) in [5.74, 6) is 1.06. The summed E-state index contributed by atoms with van der Waals surface area (Å²) in [6.45, 7) is 7.25. The number of pyridine rings is 1. The average molecular weight is 421 g/mol. The van der Waals surface area contributed by atoms with Gasteiger partial charge in [0, 0.05) is 73.9 Å². The van der Waals surface area contributed by atoms with Gasteiger partial charge in [-0.15, -0.1) is 0 Å². The molecule has 2 bridgehead atoms. The molecule has 3 aliphatic heterocycles. The third-order valence-corrected chi connectivity index (χ3v) is 7.90. The molecule has 6 rings (SSSR count). The molecular formula is C24H32N6O. The second kappa shape index (κ2) is 7.80. The van der Waals surface area contributed by atoms with Crippen molar-refractivity contribution in [2.24, 2.45) is 5.41 Å². The van der Waals surface area contributed by atoms with E-state index in [0.717, 1.165) is 55.9 Å². The number of fused-ring (bicyclic) bond motifs is 2. The monoisotopic (exact) mass is 420 g/mol. The van der Waals surface area contributed by atoms with Crippen molar-refractivity contribution < 1.29 is 4.84 Å². The molecule has 164 valence electrons. The lowest BCUT2D eigenvalue weighted by Crippen LogP contribution is -2.59. The Morgan fingerprint density at radius 3 is 2.61 bits per heavy atom. The van der Waals surface area contributed by atoms with Crippen LogP contribution < -0.4 is 4.90 Å². The van der Waals surface area contributed by atoms with Crippen LogP contribution in [0.5, 0.6) is 0 Å². The smallest absolute Gasteiger partial charge is 0.138 e. The number of hydrogen-bond acceptors (Lipinski definition) is 7. The second-order valence-corrected chi connectivity index (χ2v) is 9.81. The van der Waals surface area contributed by atoms with Gasteiger partial charge in [0.25, 0.3) is 0 Å². The number of rotatable bonds is 5. The first kappa shape index (κ1) is 19.6. The van der Waals surface area contributed by atoms with Crippen LogP contribution in [-0.4, -0.2) is 75.8 Å². The van der Waals surface area contributed by atoms with E-state index in [1.54, 1.807) is 12.4 Å². The van der Waals surface area contributed by atoms with E-state index in [4.69, 9.17) is 9.82 Å². The van der Waals surface area contributed by atoms with E-state index in [-0.39, 0.29) is 0 Å². The summed E-state index contributed by atoms with van der Waals surface area (Å²) in [7, 11) is 0. The minimum absolute atomic E-state index is 0.510. The minimum Gasteiger partial charge on any atom is -0.353 e. The van der Waals surface area contributed by atoms with E-state index in [1.165, 1.54) is 32.1 Å². The molecule has 0 amide bonds. The van der Waals surface area contributed by atoms with Crippen LogP contribution in [-0.2, 0) is 4.84 Å². The standard InChI is InChI=1S/C24H32N6O/c1-2-31-29-16-24(17-29)8-7-18(12-24)30-19-5-6-20(30)15-28(14-19)23-21(4-3-9-27-23)22-13-25-10-11-26-22/h3-4,9-11,13,18-20H,2,5-8,12,14-17H2,1H3/t18-,19-,20+/m0/s1. The van der Waals surface area contributed by atoms with Crippen molar-refractivity contribution in [2.45, 2.75) is 57.2 Å². The van der Waals surface area contributed by atoms with E-state index < -0.39 is 0 Å². The molecule has 0 aromatic carbocycles. The lowest BCUT2D eigenvalue weighted by atomic mass is 9.79. The van der Waals surface area contributed by atoms with Crippen molar-refractivity contribution in [2.75, 3.05) is 37.7 Å². The number of piperazine rings is 1. The van der Waals surface area contributed by atoms with Gasteiger partial charge in [0.05, 0.1) is 18.5 Å². The summed E-state index contributed by atoms with van der Waals surface area (Å²) in [5, 5.41) is 2.17. The highest BCUT2D eigenvalue weighted by molar-refractivity contribution is 5.72. The van der Waals surface area contributed by atoms with Gasteiger partial charge >= 0.3 is 0 Å². The quantitative estimate of drug-likeness (QED) is 0.737. The molecule has 3 saturated heterocycles. The molecule has 3 atom stereocenters. The van der Waals surface area contributed by atoms with Crippen molar-refractivity contribution in [1.29, 1.82) is 0 Å². The molecule has 7 nitrogen and oxygen atoms in total. The molecule has 1 spiro atoms. The Balaban J connectivity index is 1.17. The molecule has 1 saturated carbocycles.